The molecule has 59 valence electrons. The van der Waals surface area contributed by atoms with Gasteiger partial charge in [0.1, 0.15) is 0 Å². The third-order valence-corrected chi connectivity index (χ3v) is 1.27. The first-order valence-corrected chi connectivity index (χ1v) is 3.13. The third-order valence-electron chi connectivity index (χ3n) is 1.27. The Bertz CT molecular complexity index is 248. The Morgan fingerprint density at radius 2 is 2.00 bits per heavy atom. The highest BCUT2D eigenvalue weighted by Crippen LogP contribution is 2.09. The molecule has 1 nitrogen and oxygen atoms in total. The molecule has 0 fully saturated rings. The quantitative estimate of drug-likeness (QED) is 0.689. The number of hydrogen-bond donors (Lipinski definition) is 1. The molecule has 0 atom stereocenters. The molecule has 0 spiro atoms. The van der Waals surface area contributed by atoms with E-state index in [2.05, 4.69) is 0 Å². The minimum atomic E-state index is -0.896. The predicted molar refractivity (Wildman–Crippen MR) is 36.8 cm³/mol. The number of aliphatic hydroxyl groups excluding tert-OH is 1. The van der Waals surface area contributed by atoms with Crippen molar-refractivity contribution < 1.29 is 13.9 Å². The zero-order valence-electron chi connectivity index (χ0n) is 5.72. The van der Waals surface area contributed by atoms with Crippen LogP contribution < -0.4 is 0 Å². The summed E-state index contributed by atoms with van der Waals surface area (Å²) in [7, 11) is 0. The summed E-state index contributed by atoms with van der Waals surface area (Å²) >= 11 is 0. The van der Waals surface area contributed by atoms with Gasteiger partial charge in [0.2, 0.25) is 0 Å². The fourth-order valence-corrected chi connectivity index (χ4v) is 0.745. The van der Waals surface area contributed by atoms with E-state index < -0.39 is 11.6 Å². The first kappa shape index (κ1) is 8.14. The van der Waals surface area contributed by atoms with Gasteiger partial charge in [-0.3, -0.25) is 0 Å². The van der Waals surface area contributed by atoms with E-state index in [1.807, 2.05) is 0 Å². The van der Waals surface area contributed by atoms with Gasteiger partial charge in [0.25, 0.3) is 0 Å². The molecule has 1 radical (unpaired) electrons. The molecule has 0 saturated carbocycles. The Morgan fingerprint density at radius 1 is 1.27 bits per heavy atom. The normalized spacial score (nSPS) is 10.1. The van der Waals surface area contributed by atoms with Crippen molar-refractivity contribution in [2.75, 3.05) is 6.61 Å². The van der Waals surface area contributed by atoms with Crippen LogP contribution in [0.5, 0.6) is 0 Å². The van der Waals surface area contributed by atoms with Gasteiger partial charge in [0.05, 0.1) is 6.61 Å². The van der Waals surface area contributed by atoms with Gasteiger partial charge in [-0.2, -0.15) is 0 Å². The summed E-state index contributed by atoms with van der Waals surface area (Å²) in [6, 6.07) is 3.46. The molecule has 0 aliphatic heterocycles. The average molecular weight is 157 g/mol. The molecule has 1 rings (SSSR count). The van der Waals surface area contributed by atoms with Crippen LogP contribution in [0.4, 0.5) is 8.78 Å². The second-order valence-corrected chi connectivity index (χ2v) is 2.06. The van der Waals surface area contributed by atoms with E-state index in [4.69, 9.17) is 5.11 Å². The zero-order chi connectivity index (χ0) is 8.27. The van der Waals surface area contributed by atoms with Gasteiger partial charge < -0.3 is 5.11 Å². The number of benzene rings is 1. The molecule has 1 N–H and O–H groups in total. The maximum Gasteiger partial charge on any atom is 0.159 e. The smallest absolute Gasteiger partial charge is 0.159 e. The maximum absolute atomic E-state index is 12.4. The molecule has 0 aliphatic carbocycles. The van der Waals surface area contributed by atoms with Crippen LogP contribution in [-0.2, 0) is 0 Å². The fourth-order valence-electron chi connectivity index (χ4n) is 0.745. The molecule has 0 saturated heterocycles. The van der Waals surface area contributed by atoms with E-state index >= 15 is 0 Å². The molecular formula is C8H7F2O. The molecule has 11 heavy (non-hydrogen) atoms. The third kappa shape index (κ3) is 1.98. The minimum absolute atomic E-state index is 0.176. The summed E-state index contributed by atoms with van der Waals surface area (Å²) in [6.07, 6.45) is 1.39. The second kappa shape index (κ2) is 3.44. The van der Waals surface area contributed by atoms with E-state index in [0.717, 1.165) is 12.1 Å². The highest BCUT2D eigenvalue weighted by atomic mass is 19.2. The molecule has 0 unspecified atom stereocenters. The molecule has 0 aromatic heterocycles. The van der Waals surface area contributed by atoms with Crippen LogP contribution in [0.3, 0.4) is 0 Å². The van der Waals surface area contributed by atoms with Crippen molar-refractivity contribution in [3.63, 3.8) is 0 Å². The summed E-state index contributed by atoms with van der Waals surface area (Å²) in [5.74, 6) is -1.77. The van der Waals surface area contributed by atoms with Crippen LogP contribution >= 0.6 is 0 Å². The van der Waals surface area contributed by atoms with Crippen molar-refractivity contribution in [2.45, 2.75) is 0 Å². The van der Waals surface area contributed by atoms with Crippen molar-refractivity contribution in [3.8, 4) is 0 Å². The monoisotopic (exact) mass is 157 g/mol. The lowest BCUT2D eigenvalue weighted by Crippen LogP contribution is -1.90. The lowest BCUT2D eigenvalue weighted by molar-refractivity contribution is 0.331. The van der Waals surface area contributed by atoms with Crippen LogP contribution in [0, 0.1) is 18.1 Å². The van der Waals surface area contributed by atoms with E-state index in [9.17, 15) is 8.78 Å². The Balaban J connectivity index is 2.86. The summed E-state index contributed by atoms with van der Waals surface area (Å²) in [5.41, 5.74) is 0.478. The fraction of sp³-hybridized carbons (Fsp3) is 0.125. The first-order valence-electron chi connectivity index (χ1n) is 3.13. The number of halogens is 2. The van der Waals surface area contributed by atoms with Crippen molar-refractivity contribution in [1.29, 1.82) is 0 Å². The molecule has 1 aromatic carbocycles. The van der Waals surface area contributed by atoms with Gasteiger partial charge in [-0.1, -0.05) is 6.07 Å². The van der Waals surface area contributed by atoms with Gasteiger partial charge in [0.15, 0.2) is 11.6 Å². The lowest BCUT2D eigenvalue weighted by Gasteiger charge is -1.97. The van der Waals surface area contributed by atoms with Crippen LogP contribution in [0.2, 0.25) is 0 Å². The highest BCUT2D eigenvalue weighted by Gasteiger charge is 2.01. The second-order valence-electron chi connectivity index (χ2n) is 2.06. The molecule has 0 amide bonds. The highest BCUT2D eigenvalue weighted by molar-refractivity contribution is 5.24. The topological polar surface area (TPSA) is 20.2 Å². The number of aliphatic hydroxyl groups is 1. The molecular weight excluding hydrogens is 150 g/mol. The number of rotatable bonds is 2. The van der Waals surface area contributed by atoms with E-state index in [0.29, 0.717) is 5.56 Å². The first-order chi connectivity index (χ1) is 5.24. The predicted octanol–water partition coefficient (Wildman–Crippen LogP) is 1.51. The standard InChI is InChI=1S/C8H7F2O/c9-7-2-1-6(3-4-11)5-8(7)10/h1-3,5,11H,4H2. The van der Waals surface area contributed by atoms with E-state index in [1.165, 1.54) is 12.5 Å². The summed E-state index contributed by atoms with van der Waals surface area (Å²) in [4.78, 5) is 0. The number of hydrogen-bond acceptors (Lipinski definition) is 1. The van der Waals surface area contributed by atoms with Crippen LogP contribution in [-0.4, -0.2) is 11.7 Å². The molecule has 0 aliphatic rings. The van der Waals surface area contributed by atoms with Crippen LogP contribution in [0.1, 0.15) is 5.56 Å². The Hall–Kier alpha value is -0.960. The Kier molecular flexibility index (Phi) is 2.54. The summed E-state index contributed by atoms with van der Waals surface area (Å²) in [5, 5.41) is 8.41. The Morgan fingerprint density at radius 3 is 2.55 bits per heavy atom. The largest absolute Gasteiger partial charge is 0.396 e. The van der Waals surface area contributed by atoms with Crippen LogP contribution in [0.15, 0.2) is 18.2 Å². The lowest BCUT2D eigenvalue weighted by atomic mass is 10.1. The Labute approximate surface area is 63.3 Å². The van der Waals surface area contributed by atoms with Gasteiger partial charge >= 0.3 is 0 Å². The van der Waals surface area contributed by atoms with Gasteiger partial charge in [-0.15, -0.1) is 0 Å². The maximum atomic E-state index is 12.4. The average Bonchev–Trinajstić information content (AvgIpc) is 1.98. The molecule has 3 heteroatoms. The van der Waals surface area contributed by atoms with Gasteiger partial charge in [-0.25, -0.2) is 8.78 Å². The van der Waals surface area contributed by atoms with Crippen molar-refractivity contribution in [2.24, 2.45) is 0 Å². The van der Waals surface area contributed by atoms with Crippen LogP contribution in [0.25, 0.3) is 0 Å². The van der Waals surface area contributed by atoms with Crippen molar-refractivity contribution in [1.82, 2.24) is 0 Å². The SMILES string of the molecule is OC[CH]c1ccc(F)c(F)c1. The van der Waals surface area contributed by atoms with Gasteiger partial charge in [0, 0.05) is 6.42 Å². The minimum Gasteiger partial charge on any atom is -0.396 e. The summed E-state index contributed by atoms with van der Waals surface area (Å²) in [6.45, 7) is -0.176. The molecule has 0 heterocycles. The van der Waals surface area contributed by atoms with Crippen molar-refractivity contribution >= 4 is 0 Å². The molecule has 0 bridgehead atoms. The molecule has 1 aromatic rings. The van der Waals surface area contributed by atoms with E-state index in [1.54, 1.807) is 0 Å². The van der Waals surface area contributed by atoms with E-state index in [-0.39, 0.29) is 6.61 Å². The van der Waals surface area contributed by atoms with Crippen molar-refractivity contribution in [3.05, 3.63) is 41.8 Å². The van der Waals surface area contributed by atoms with Gasteiger partial charge in [-0.05, 0) is 17.7 Å². The zero-order valence-corrected chi connectivity index (χ0v) is 5.72. The summed E-state index contributed by atoms with van der Waals surface area (Å²) < 4.78 is 24.7.